The number of carboxylic acid groups (broad SMARTS) is 1. The highest BCUT2D eigenvalue weighted by molar-refractivity contribution is 5.74. The van der Waals surface area contributed by atoms with Crippen LogP contribution in [0.2, 0.25) is 0 Å². The summed E-state index contributed by atoms with van der Waals surface area (Å²) < 4.78 is 1.71. The average molecular weight is 383 g/mol. The lowest BCUT2D eigenvalue weighted by Gasteiger charge is -2.21. The number of fused-ring (bicyclic) bond motifs is 1. The van der Waals surface area contributed by atoms with Crippen molar-refractivity contribution in [2.24, 2.45) is 0 Å². The van der Waals surface area contributed by atoms with Crippen molar-refractivity contribution < 1.29 is 9.90 Å². The predicted molar refractivity (Wildman–Crippen MR) is 108 cm³/mol. The number of nitrogens with zero attached hydrogens (tertiary/aromatic N) is 3. The fraction of sp³-hybridized carbons (Fsp3) is 0.400. The Labute approximate surface area is 162 Å². The zero-order chi connectivity index (χ0) is 20.3. The second kappa shape index (κ2) is 7.84. The molecule has 0 spiro atoms. The van der Waals surface area contributed by atoms with Crippen LogP contribution in [0, 0.1) is 0 Å². The summed E-state index contributed by atoms with van der Waals surface area (Å²) in [6, 6.07) is 9.61. The van der Waals surface area contributed by atoms with Crippen molar-refractivity contribution >= 4 is 23.0 Å². The molecule has 0 aliphatic heterocycles. The Bertz CT molecular complexity index is 1020. The van der Waals surface area contributed by atoms with Crippen LogP contribution in [0.4, 0.5) is 5.95 Å². The van der Waals surface area contributed by atoms with E-state index in [0.717, 1.165) is 5.56 Å². The van der Waals surface area contributed by atoms with Gasteiger partial charge in [-0.15, -0.1) is 0 Å². The van der Waals surface area contributed by atoms with Crippen LogP contribution >= 0.6 is 0 Å². The van der Waals surface area contributed by atoms with E-state index in [1.807, 2.05) is 51.1 Å². The number of aromatic amines is 1. The van der Waals surface area contributed by atoms with Crippen molar-refractivity contribution in [3.8, 4) is 0 Å². The maximum atomic E-state index is 12.5. The quantitative estimate of drug-likeness (QED) is 0.578. The van der Waals surface area contributed by atoms with Gasteiger partial charge in [0.15, 0.2) is 5.65 Å². The van der Waals surface area contributed by atoms with E-state index in [1.165, 1.54) is 6.20 Å². The molecule has 3 N–H and O–H groups in total. The fourth-order valence-electron chi connectivity index (χ4n) is 3.09. The molecule has 8 heteroatoms. The zero-order valence-electron chi connectivity index (χ0n) is 16.3. The third-order valence-electron chi connectivity index (χ3n) is 4.45. The Kier molecular flexibility index (Phi) is 5.48. The van der Waals surface area contributed by atoms with Crippen LogP contribution in [0.15, 0.2) is 41.3 Å². The van der Waals surface area contributed by atoms with Gasteiger partial charge in [-0.1, -0.05) is 30.3 Å². The van der Waals surface area contributed by atoms with Crippen molar-refractivity contribution in [3.63, 3.8) is 0 Å². The summed E-state index contributed by atoms with van der Waals surface area (Å²) in [5, 5.41) is 17.0. The number of rotatable bonds is 7. The van der Waals surface area contributed by atoms with Gasteiger partial charge in [0, 0.05) is 12.5 Å². The first kappa shape index (κ1) is 19.6. The van der Waals surface area contributed by atoms with Gasteiger partial charge in [0.1, 0.15) is 5.39 Å². The van der Waals surface area contributed by atoms with Crippen molar-refractivity contribution in [1.82, 2.24) is 19.7 Å². The van der Waals surface area contributed by atoms with Crippen LogP contribution in [0.3, 0.4) is 0 Å². The molecule has 0 saturated heterocycles. The average Bonchev–Trinajstić information content (AvgIpc) is 3.05. The summed E-state index contributed by atoms with van der Waals surface area (Å²) >= 11 is 0. The molecule has 8 nitrogen and oxygen atoms in total. The van der Waals surface area contributed by atoms with E-state index in [9.17, 15) is 9.59 Å². The van der Waals surface area contributed by atoms with Gasteiger partial charge < -0.3 is 10.4 Å². The van der Waals surface area contributed by atoms with Gasteiger partial charge in [-0.25, -0.2) is 4.68 Å². The lowest BCUT2D eigenvalue weighted by atomic mass is 10.0. The van der Waals surface area contributed by atoms with Gasteiger partial charge in [-0.2, -0.15) is 10.1 Å². The van der Waals surface area contributed by atoms with Crippen molar-refractivity contribution in [2.45, 2.75) is 51.6 Å². The third kappa shape index (κ3) is 4.57. The monoisotopic (exact) mass is 383 g/mol. The van der Waals surface area contributed by atoms with E-state index in [0.29, 0.717) is 29.8 Å². The van der Waals surface area contributed by atoms with Crippen molar-refractivity contribution in [3.05, 3.63) is 52.4 Å². The molecule has 148 valence electrons. The predicted octanol–water partition coefficient (Wildman–Crippen LogP) is 2.76. The molecule has 0 fully saturated rings. The maximum Gasteiger partial charge on any atom is 0.303 e. The molecule has 0 saturated carbocycles. The van der Waals surface area contributed by atoms with Gasteiger partial charge in [0.2, 0.25) is 5.95 Å². The van der Waals surface area contributed by atoms with Crippen LogP contribution in [0.1, 0.15) is 39.2 Å². The van der Waals surface area contributed by atoms with Crippen molar-refractivity contribution in [1.29, 1.82) is 0 Å². The van der Waals surface area contributed by atoms with Gasteiger partial charge >= 0.3 is 5.97 Å². The molecule has 0 bridgehead atoms. The number of aromatic nitrogens is 4. The molecule has 1 atom stereocenters. The summed E-state index contributed by atoms with van der Waals surface area (Å²) in [6.07, 6.45) is 2.57. The number of benzene rings is 1. The van der Waals surface area contributed by atoms with E-state index < -0.39 is 5.97 Å². The molecule has 2 heterocycles. The lowest BCUT2D eigenvalue weighted by molar-refractivity contribution is -0.137. The fourth-order valence-corrected chi connectivity index (χ4v) is 3.09. The van der Waals surface area contributed by atoms with E-state index >= 15 is 0 Å². The molecular weight excluding hydrogens is 358 g/mol. The topological polar surface area (TPSA) is 113 Å². The number of H-pyrrole nitrogens is 1. The van der Waals surface area contributed by atoms with E-state index in [4.69, 9.17) is 5.11 Å². The van der Waals surface area contributed by atoms with E-state index in [2.05, 4.69) is 20.4 Å². The van der Waals surface area contributed by atoms with Gasteiger partial charge in [0.25, 0.3) is 5.56 Å². The minimum atomic E-state index is -0.859. The highest BCUT2D eigenvalue weighted by Gasteiger charge is 2.21. The Morgan fingerprint density at radius 3 is 2.64 bits per heavy atom. The van der Waals surface area contributed by atoms with Crippen LogP contribution in [0.5, 0.6) is 0 Å². The number of hydrogen-bond donors (Lipinski definition) is 3. The van der Waals surface area contributed by atoms with E-state index in [-0.39, 0.29) is 23.6 Å². The lowest BCUT2D eigenvalue weighted by Crippen LogP contribution is -2.27. The van der Waals surface area contributed by atoms with Crippen LogP contribution < -0.4 is 10.9 Å². The molecule has 28 heavy (non-hydrogen) atoms. The van der Waals surface area contributed by atoms with Crippen LogP contribution in [-0.2, 0) is 16.8 Å². The highest BCUT2D eigenvalue weighted by atomic mass is 16.4. The van der Waals surface area contributed by atoms with Crippen LogP contribution in [-0.4, -0.2) is 36.9 Å². The van der Waals surface area contributed by atoms with Gasteiger partial charge in [-0.3, -0.25) is 14.6 Å². The number of aliphatic carboxylic acids is 1. The summed E-state index contributed by atoms with van der Waals surface area (Å²) in [5.41, 5.74) is 0.968. The maximum absolute atomic E-state index is 12.5. The minimum absolute atomic E-state index is 0.0247. The number of carbonyl (C=O) groups is 1. The molecule has 2 aromatic heterocycles. The first-order valence-corrected chi connectivity index (χ1v) is 9.25. The normalized spacial score (nSPS) is 12.8. The Hall–Kier alpha value is -3.16. The largest absolute Gasteiger partial charge is 0.481 e. The first-order valence-electron chi connectivity index (χ1n) is 9.25. The third-order valence-corrected chi connectivity index (χ3v) is 4.45. The first-order chi connectivity index (χ1) is 13.2. The molecule has 0 radical (unpaired) electrons. The molecule has 1 unspecified atom stereocenters. The number of anilines is 1. The molecule has 3 aromatic rings. The molecule has 3 rings (SSSR count). The molecule has 0 amide bonds. The van der Waals surface area contributed by atoms with E-state index in [1.54, 1.807) is 4.68 Å². The smallest absolute Gasteiger partial charge is 0.303 e. The second-order valence-electron chi connectivity index (χ2n) is 7.84. The number of nitrogens with one attached hydrogen (secondary N) is 2. The van der Waals surface area contributed by atoms with Crippen LogP contribution in [0.25, 0.3) is 11.0 Å². The standard InChI is InChI=1S/C20H25N5O3/c1-20(2,3)25-17-15(12-21-25)18(28)24-19(23-17)22-14(9-10-16(26)27)11-13-7-5-4-6-8-13/h4-8,12,14H,9-11H2,1-3H3,(H,26,27)(H2,22,23,24,28). The zero-order valence-corrected chi connectivity index (χ0v) is 16.3. The molecule has 1 aromatic carbocycles. The summed E-state index contributed by atoms with van der Waals surface area (Å²) in [5.74, 6) is -0.544. The summed E-state index contributed by atoms with van der Waals surface area (Å²) in [7, 11) is 0. The van der Waals surface area contributed by atoms with Gasteiger partial charge in [-0.05, 0) is 39.2 Å². The Balaban J connectivity index is 1.91. The summed E-state index contributed by atoms with van der Waals surface area (Å²) in [4.78, 5) is 30.8. The molecule has 0 aliphatic carbocycles. The second-order valence-corrected chi connectivity index (χ2v) is 7.84. The SMILES string of the molecule is CC(C)(C)n1ncc2c(=O)[nH]c(NC(CCC(=O)O)Cc3ccccc3)nc21. The Morgan fingerprint density at radius 1 is 1.29 bits per heavy atom. The Morgan fingerprint density at radius 2 is 2.00 bits per heavy atom. The molecular formula is C20H25N5O3. The van der Waals surface area contributed by atoms with Gasteiger partial charge in [0.05, 0.1) is 11.7 Å². The number of carboxylic acids is 1. The highest BCUT2D eigenvalue weighted by Crippen LogP contribution is 2.19. The molecule has 0 aliphatic rings. The minimum Gasteiger partial charge on any atom is -0.481 e. The summed E-state index contributed by atoms with van der Waals surface area (Å²) in [6.45, 7) is 5.96. The number of hydrogen-bond acceptors (Lipinski definition) is 5. The van der Waals surface area contributed by atoms with Crippen molar-refractivity contribution in [2.75, 3.05) is 5.32 Å².